The molecule has 0 saturated heterocycles. The highest BCUT2D eigenvalue weighted by molar-refractivity contribution is 6.09. The molecule has 1 unspecified atom stereocenters. The number of anilines is 2. The summed E-state index contributed by atoms with van der Waals surface area (Å²) in [6.07, 6.45) is 1.78. The number of nitrogens with zero attached hydrogens (tertiary/aromatic N) is 2. The quantitative estimate of drug-likeness (QED) is 0.433. The SMILES string of the molecule is Cc1ccc2c(oc3ncccc32)c1N1c2ccccc2C(C)[C@@H]1C. The van der Waals surface area contributed by atoms with Crippen LogP contribution in [0.4, 0.5) is 11.4 Å². The summed E-state index contributed by atoms with van der Waals surface area (Å²) in [6, 6.07) is 17.5. The van der Waals surface area contributed by atoms with Crippen molar-refractivity contribution < 1.29 is 4.42 Å². The summed E-state index contributed by atoms with van der Waals surface area (Å²) in [7, 11) is 0. The summed E-state index contributed by atoms with van der Waals surface area (Å²) in [5.74, 6) is 0.480. The minimum atomic E-state index is 0.378. The fraction of sp³-hybridized carbons (Fsp3) is 0.227. The summed E-state index contributed by atoms with van der Waals surface area (Å²) in [4.78, 5) is 6.85. The highest BCUT2D eigenvalue weighted by Crippen LogP contribution is 2.48. The van der Waals surface area contributed by atoms with Crippen LogP contribution in [0.25, 0.3) is 22.1 Å². The Morgan fingerprint density at radius 1 is 0.960 bits per heavy atom. The van der Waals surface area contributed by atoms with Crippen LogP contribution in [0, 0.1) is 6.92 Å². The van der Waals surface area contributed by atoms with Crippen LogP contribution in [-0.2, 0) is 0 Å². The average molecular weight is 328 g/mol. The highest BCUT2D eigenvalue weighted by Gasteiger charge is 2.35. The lowest BCUT2D eigenvalue weighted by atomic mass is 9.98. The fourth-order valence-electron chi connectivity index (χ4n) is 4.18. The molecule has 0 fully saturated rings. The first-order valence-corrected chi connectivity index (χ1v) is 8.82. The van der Waals surface area contributed by atoms with E-state index in [4.69, 9.17) is 4.42 Å². The lowest BCUT2D eigenvalue weighted by Gasteiger charge is -2.28. The number of aryl methyl sites for hydroxylation is 1. The van der Waals surface area contributed by atoms with Gasteiger partial charge in [-0.2, -0.15) is 0 Å². The number of benzene rings is 2. The predicted octanol–water partition coefficient (Wildman–Crippen LogP) is 5.93. The van der Waals surface area contributed by atoms with E-state index < -0.39 is 0 Å². The lowest BCUT2D eigenvalue weighted by molar-refractivity contribution is 0.627. The molecule has 0 N–H and O–H groups in total. The molecule has 0 spiro atoms. The van der Waals surface area contributed by atoms with Crippen LogP contribution in [0.15, 0.2) is 59.1 Å². The van der Waals surface area contributed by atoms with Gasteiger partial charge in [0.25, 0.3) is 0 Å². The molecule has 4 aromatic rings. The smallest absolute Gasteiger partial charge is 0.227 e. The number of fused-ring (bicyclic) bond motifs is 4. The van der Waals surface area contributed by atoms with Crippen LogP contribution >= 0.6 is 0 Å². The number of furan rings is 1. The number of hydrogen-bond donors (Lipinski definition) is 0. The monoisotopic (exact) mass is 328 g/mol. The second-order valence-electron chi connectivity index (χ2n) is 7.02. The van der Waals surface area contributed by atoms with Gasteiger partial charge in [0.15, 0.2) is 5.58 Å². The Morgan fingerprint density at radius 2 is 1.80 bits per heavy atom. The standard InChI is InChI=1S/C22H20N2O/c1-13-10-11-17-18-8-6-12-23-22(18)25-21(17)20(13)24-15(3)14(2)16-7-4-5-9-19(16)24/h4-12,14-15H,1-3H3/t14?,15-/m0/s1. The maximum absolute atomic E-state index is 6.22. The maximum atomic E-state index is 6.22. The maximum Gasteiger partial charge on any atom is 0.227 e. The molecule has 0 bridgehead atoms. The molecule has 3 heteroatoms. The van der Waals surface area contributed by atoms with Crippen molar-refractivity contribution in [2.75, 3.05) is 4.90 Å². The van der Waals surface area contributed by atoms with Gasteiger partial charge in [-0.25, -0.2) is 4.98 Å². The number of pyridine rings is 1. The van der Waals surface area contributed by atoms with E-state index in [9.17, 15) is 0 Å². The van der Waals surface area contributed by atoms with E-state index in [-0.39, 0.29) is 0 Å². The Labute approximate surface area is 146 Å². The van der Waals surface area contributed by atoms with Gasteiger partial charge < -0.3 is 9.32 Å². The second-order valence-corrected chi connectivity index (χ2v) is 7.02. The van der Waals surface area contributed by atoms with Gasteiger partial charge in [0, 0.05) is 34.6 Å². The number of aromatic nitrogens is 1. The van der Waals surface area contributed by atoms with Crippen LogP contribution in [0.3, 0.4) is 0 Å². The second kappa shape index (κ2) is 5.09. The first-order chi connectivity index (χ1) is 12.2. The number of para-hydroxylation sites is 1. The topological polar surface area (TPSA) is 29.3 Å². The van der Waals surface area contributed by atoms with Crippen molar-refractivity contribution in [3.63, 3.8) is 0 Å². The van der Waals surface area contributed by atoms with Crippen LogP contribution in [0.5, 0.6) is 0 Å². The van der Waals surface area contributed by atoms with Gasteiger partial charge >= 0.3 is 0 Å². The number of rotatable bonds is 1. The molecule has 0 radical (unpaired) electrons. The van der Waals surface area contributed by atoms with Crippen LogP contribution in [0.2, 0.25) is 0 Å². The van der Waals surface area contributed by atoms with Crippen molar-refractivity contribution in [2.45, 2.75) is 32.7 Å². The third-order valence-corrected chi connectivity index (χ3v) is 5.65. The minimum absolute atomic E-state index is 0.378. The van der Waals surface area contributed by atoms with Crippen molar-refractivity contribution in [1.82, 2.24) is 4.98 Å². The molecule has 2 aromatic carbocycles. The summed E-state index contributed by atoms with van der Waals surface area (Å²) >= 11 is 0. The van der Waals surface area contributed by atoms with Crippen LogP contribution in [0.1, 0.15) is 30.9 Å². The molecule has 0 aliphatic carbocycles. The van der Waals surface area contributed by atoms with Crippen molar-refractivity contribution in [3.8, 4) is 0 Å². The molecule has 2 aromatic heterocycles. The molecular formula is C22H20N2O. The first-order valence-electron chi connectivity index (χ1n) is 8.82. The van der Waals surface area contributed by atoms with Gasteiger partial charge in [-0.15, -0.1) is 0 Å². The van der Waals surface area contributed by atoms with E-state index in [0.29, 0.717) is 17.7 Å². The Bertz CT molecular complexity index is 1110. The lowest BCUT2D eigenvalue weighted by Crippen LogP contribution is -2.26. The molecule has 3 nitrogen and oxygen atoms in total. The Balaban J connectivity index is 1.85. The Kier molecular flexibility index (Phi) is 2.96. The van der Waals surface area contributed by atoms with Gasteiger partial charge in [-0.1, -0.05) is 37.3 Å². The van der Waals surface area contributed by atoms with E-state index in [1.54, 1.807) is 6.20 Å². The first kappa shape index (κ1) is 14.5. The van der Waals surface area contributed by atoms with E-state index >= 15 is 0 Å². The van der Waals surface area contributed by atoms with Gasteiger partial charge in [0.2, 0.25) is 5.71 Å². The molecule has 2 atom stereocenters. The largest absolute Gasteiger partial charge is 0.435 e. The van der Waals surface area contributed by atoms with Gasteiger partial charge in [-0.05, 0) is 43.2 Å². The summed E-state index contributed by atoms with van der Waals surface area (Å²) < 4.78 is 6.22. The van der Waals surface area contributed by atoms with Crippen LogP contribution in [-0.4, -0.2) is 11.0 Å². The minimum Gasteiger partial charge on any atom is -0.435 e. The van der Waals surface area contributed by atoms with Gasteiger partial charge in [0.1, 0.15) is 0 Å². The van der Waals surface area contributed by atoms with Crippen LogP contribution < -0.4 is 4.90 Å². The summed E-state index contributed by atoms with van der Waals surface area (Å²) in [5, 5.41) is 2.21. The van der Waals surface area contributed by atoms with E-state index in [0.717, 1.165) is 16.4 Å². The average Bonchev–Trinajstić information content (AvgIpc) is 3.12. The molecule has 1 aliphatic rings. The van der Waals surface area contributed by atoms with Crippen molar-refractivity contribution >= 4 is 33.4 Å². The number of hydrogen-bond acceptors (Lipinski definition) is 3. The zero-order valence-electron chi connectivity index (χ0n) is 14.7. The van der Waals surface area contributed by atoms with E-state index in [2.05, 4.69) is 73.1 Å². The summed E-state index contributed by atoms with van der Waals surface area (Å²) in [5.41, 5.74) is 6.72. The van der Waals surface area contributed by atoms with E-state index in [1.807, 2.05) is 6.07 Å². The van der Waals surface area contributed by atoms with E-state index in [1.165, 1.54) is 22.5 Å². The highest BCUT2D eigenvalue weighted by atomic mass is 16.3. The molecule has 0 saturated carbocycles. The fourth-order valence-corrected chi connectivity index (χ4v) is 4.18. The third kappa shape index (κ3) is 1.89. The van der Waals surface area contributed by atoms with Gasteiger partial charge in [0.05, 0.1) is 5.69 Å². The van der Waals surface area contributed by atoms with Crippen molar-refractivity contribution in [3.05, 3.63) is 65.9 Å². The predicted molar refractivity (Wildman–Crippen MR) is 103 cm³/mol. The normalized spacial score (nSPS) is 19.7. The molecule has 0 amide bonds. The van der Waals surface area contributed by atoms with Gasteiger partial charge in [-0.3, -0.25) is 0 Å². The Hall–Kier alpha value is -2.81. The summed E-state index contributed by atoms with van der Waals surface area (Å²) in [6.45, 7) is 6.76. The molecule has 25 heavy (non-hydrogen) atoms. The third-order valence-electron chi connectivity index (χ3n) is 5.65. The molecule has 5 rings (SSSR count). The zero-order chi connectivity index (χ0) is 17.1. The Morgan fingerprint density at radius 3 is 2.68 bits per heavy atom. The molecule has 124 valence electrons. The molecular weight excluding hydrogens is 308 g/mol. The molecule has 1 aliphatic heterocycles. The molecule has 3 heterocycles. The van der Waals surface area contributed by atoms with Crippen molar-refractivity contribution in [2.24, 2.45) is 0 Å². The van der Waals surface area contributed by atoms with Crippen molar-refractivity contribution in [1.29, 1.82) is 0 Å². The zero-order valence-corrected chi connectivity index (χ0v) is 14.7.